The van der Waals surface area contributed by atoms with Crippen molar-refractivity contribution in [2.75, 3.05) is 18.4 Å². The van der Waals surface area contributed by atoms with E-state index in [4.69, 9.17) is 5.73 Å². The van der Waals surface area contributed by atoms with Crippen molar-refractivity contribution in [1.29, 1.82) is 0 Å². The van der Waals surface area contributed by atoms with Gasteiger partial charge < -0.3 is 16.4 Å². The molecule has 2 unspecified atom stereocenters. The summed E-state index contributed by atoms with van der Waals surface area (Å²) >= 11 is 1.47. The van der Waals surface area contributed by atoms with Gasteiger partial charge in [0.25, 0.3) is 11.8 Å². The maximum absolute atomic E-state index is 12.8. The van der Waals surface area contributed by atoms with E-state index in [9.17, 15) is 9.59 Å². The highest BCUT2D eigenvalue weighted by Crippen LogP contribution is 2.28. The highest BCUT2D eigenvalue weighted by molar-refractivity contribution is 7.20. The molecule has 31 heavy (non-hydrogen) atoms. The maximum atomic E-state index is 12.8. The fourth-order valence-electron chi connectivity index (χ4n) is 4.32. The van der Waals surface area contributed by atoms with Gasteiger partial charge >= 0.3 is 0 Å². The van der Waals surface area contributed by atoms with Gasteiger partial charge in [-0.2, -0.15) is 0 Å². The van der Waals surface area contributed by atoms with Gasteiger partial charge in [-0.15, -0.1) is 11.3 Å². The smallest absolute Gasteiger partial charge is 0.265 e. The predicted octanol–water partition coefficient (Wildman–Crippen LogP) is 4.96. The van der Waals surface area contributed by atoms with Crippen molar-refractivity contribution < 1.29 is 9.59 Å². The first-order valence-electron chi connectivity index (χ1n) is 10.9. The molecule has 0 spiro atoms. The van der Waals surface area contributed by atoms with E-state index >= 15 is 0 Å². The molecule has 0 bridgehead atoms. The number of fused-ring (bicyclic) bond motifs is 1. The van der Waals surface area contributed by atoms with E-state index in [1.54, 1.807) is 6.07 Å². The van der Waals surface area contributed by atoms with Crippen LogP contribution in [0.3, 0.4) is 0 Å². The van der Waals surface area contributed by atoms with Crippen LogP contribution in [0.2, 0.25) is 0 Å². The van der Waals surface area contributed by atoms with Gasteiger partial charge in [0.05, 0.1) is 4.88 Å². The molecule has 1 fully saturated rings. The summed E-state index contributed by atoms with van der Waals surface area (Å²) in [5.74, 6) is 0.804. The number of carbonyl (C=O) groups excluding carboxylic acids is 2. The highest BCUT2D eigenvalue weighted by Gasteiger charge is 2.21. The van der Waals surface area contributed by atoms with Crippen LogP contribution in [0.15, 0.2) is 48.5 Å². The lowest BCUT2D eigenvalue weighted by atomic mass is 9.81. The minimum Gasteiger partial charge on any atom is -0.352 e. The Labute approximate surface area is 187 Å². The summed E-state index contributed by atoms with van der Waals surface area (Å²) in [7, 11) is 0. The van der Waals surface area contributed by atoms with E-state index in [2.05, 4.69) is 10.6 Å². The number of rotatable bonds is 6. The standard InChI is InChI=1S/C25H29N3O2S/c1-16-9-10-20(24(29)27-15-18-6-4-5-17(11-18)14-26)12-21(16)28-25(30)23-13-19-7-2-3-8-22(19)31-23/h2-3,7-10,12-13,17-18H,4-6,11,14-15,26H2,1H3,(H,27,29)(H,28,30). The molecule has 0 aliphatic heterocycles. The van der Waals surface area contributed by atoms with Crippen LogP contribution in [0.5, 0.6) is 0 Å². The number of thiophene rings is 1. The van der Waals surface area contributed by atoms with E-state index in [0.29, 0.717) is 34.5 Å². The molecule has 0 saturated heterocycles. The average Bonchev–Trinajstić information content (AvgIpc) is 3.23. The minimum absolute atomic E-state index is 0.104. The number of nitrogens with one attached hydrogen (secondary N) is 2. The van der Waals surface area contributed by atoms with Gasteiger partial charge in [0, 0.05) is 22.5 Å². The van der Waals surface area contributed by atoms with Crippen LogP contribution in [-0.4, -0.2) is 24.9 Å². The molecule has 2 atom stereocenters. The number of nitrogens with two attached hydrogens (primary N) is 1. The lowest BCUT2D eigenvalue weighted by Crippen LogP contribution is -2.33. The molecule has 1 aliphatic rings. The molecule has 6 heteroatoms. The van der Waals surface area contributed by atoms with E-state index in [0.717, 1.165) is 35.0 Å². The van der Waals surface area contributed by atoms with Crippen molar-refractivity contribution in [2.45, 2.75) is 32.6 Å². The topological polar surface area (TPSA) is 84.2 Å². The summed E-state index contributed by atoms with van der Waals surface area (Å²) in [6.07, 6.45) is 4.60. The Bertz CT molecular complexity index is 1060. The second-order valence-corrected chi connectivity index (χ2v) is 9.56. The third kappa shape index (κ3) is 5.14. The lowest BCUT2D eigenvalue weighted by molar-refractivity contribution is 0.0939. The lowest BCUT2D eigenvalue weighted by Gasteiger charge is -2.28. The zero-order valence-electron chi connectivity index (χ0n) is 17.8. The molecule has 4 rings (SSSR count). The number of benzene rings is 2. The number of hydrogen-bond acceptors (Lipinski definition) is 4. The van der Waals surface area contributed by atoms with Gasteiger partial charge in [0.1, 0.15) is 0 Å². The summed E-state index contributed by atoms with van der Waals surface area (Å²) in [5.41, 5.74) is 7.97. The van der Waals surface area contributed by atoms with Crippen LogP contribution in [0.4, 0.5) is 5.69 Å². The quantitative estimate of drug-likeness (QED) is 0.512. The largest absolute Gasteiger partial charge is 0.352 e. The highest BCUT2D eigenvalue weighted by atomic mass is 32.1. The van der Waals surface area contributed by atoms with Crippen molar-refractivity contribution in [3.05, 3.63) is 64.5 Å². The van der Waals surface area contributed by atoms with Gasteiger partial charge in [0.2, 0.25) is 0 Å². The zero-order valence-corrected chi connectivity index (χ0v) is 18.6. The van der Waals surface area contributed by atoms with Crippen molar-refractivity contribution >= 4 is 38.9 Å². The molecule has 3 aromatic rings. The first-order valence-corrected chi connectivity index (χ1v) is 11.7. The Morgan fingerprint density at radius 3 is 2.68 bits per heavy atom. The Hall–Kier alpha value is -2.70. The van der Waals surface area contributed by atoms with Gasteiger partial charge in [-0.3, -0.25) is 9.59 Å². The number of anilines is 1. The van der Waals surface area contributed by atoms with Gasteiger partial charge in [-0.25, -0.2) is 0 Å². The van der Waals surface area contributed by atoms with Crippen LogP contribution in [0.1, 0.15) is 51.3 Å². The molecule has 162 valence electrons. The fourth-order valence-corrected chi connectivity index (χ4v) is 5.27. The molecule has 2 aromatic carbocycles. The number of aryl methyl sites for hydroxylation is 1. The molecule has 1 heterocycles. The van der Waals surface area contributed by atoms with Gasteiger partial charge in [-0.1, -0.05) is 30.7 Å². The monoisotopic (exact) mass is 435 g/mol. The molecule has 4 N–H and O–H groups in total. The van der Waals surface area contributed by atoms with Crippen LogP contribution >= 0.6 is 11.3 Å². The second kappa shape index (κ2) is 9.62. The van der Waals surface area contributed by atoms with E-state index in [1.165, 1.54) is 24.2 Å². The summed E-state index contributed by atoms with van der Waals surface area (Å²) in [6.45, 7) is 3.33. The summed E-state index contributed by atoms with van der Waals surface area (Å²) in [6, 6.07) is 15.3. The SMILES string of the molecule is Cc1ccc(C(=O)NCC2CCCC(CN)C2)cc1NC(=O)c1cc2ccccc2s1. The Balaban J connectivity index is 1.41. The van der Waals surface area contributed by atoms with Crippen LogP contribution < -0.4 is 16.4 Å². The van der Waals surface area contributed by atoms with E-state index < -0.39 is 0 Å². The second-order valence-electron chi connectivity index (χ2n) is 8.48. The molecule has 1 saturated carbocycles. The Morgan fingerprint density at radius 1 is 1.06 bits per heavy atom. The fraction of sp³-hybridized carbons (Fsp3) is 0.360. The minimum atomic E-state index is -0.156. The zero-order chi connectivity index (χ0) is 21.8. The Morgan fingerprint density at radius 2 is 1.87 bits per heavy atom. The average molecular weight is 436 g/mol. The van der Waals surface area contributed by atoms with Crippen molar-refractivity contribution in [3.63, 3.8) is 0 Å². The molecule has 1 aromatic heterocycles. The summed E-state index contributed by atoms with van der Waals surface area (Å²) in [5, 5.41) is 7.11. The molecule has 1 aliphatic carbocycles. The first kappa shape index (κ1) is 21.5. The third-order valence-electron chi connectivity index (χ3n) is 6.17. The maximum Gasteiger partial charge on any atom is 0.265 e. The number of carbonyl (C=O) groups is 2. The van der Waals surface area contributed by atoms with Crippen LogP contribution in [-0.2, 0) is 0 Å². The van der Waals surface area contributed by atoms with E-state index in [-0.39, 0.29) is 11.8 Å². The molecular formula is C25H29N3O2S. The van der Waals surface area contributed by atoms with Crippen molar-refractivity contribution in [2.24, 2.45) is 17.6 Å². The van der Waals surface area contributed by atoms with Crippen molar-refractivity contribution in [1.82, 2.24) is 5.32 Å². The first-order chi connectivity index (χ1) is 15.0. The molecule has 5 nitrogen and oxygen atoms in total. The summed E-state index contributed by atoms with van der Waals surface area (Å²) in [4.78, 5) is 26.2. The molecule has 2 amide bonds. The number of amides is 2. The van der Waals surface area contributed by atoms with Gasteiger partial charge in [-0.05, 0) is 79.8 Å². The predicted molar refractivity (Wildman–Crippen MR) is 128 cm³/mol. The molecular weight excluding hydrogens is 406 g/mol. The van der Waals surface area contributed by atoms with Crippen LogP contribution in [0.25, 0.3) is 10.1 Å². The van der Waals surface area contributed by atoms with E-state index in [1.807, 2.05) is 49.4 Å². The normalized spacial score (nSPS) is 18.6. The Kier molecular flexibility index (Phi) is 6.68. The number of hydrogen-bond donors (Lipinski definition) is 3. The van der Waals surface area contributed by atoms with Gasteiger partial charge in [0.15, 0.2) is 0 Å². The third-order valence-corrected chi connectivity index (χ3v) is 7.29. The van der Waals surface area contributed by atoms with Crippen molar-refractivity contribution in [3.8, 4) is 0 Å². The summed E-state index contributed by atoms with van der Waals surface area (Å²) < 4.78 is 1.08. The molecule has 0 radical (unpaired) electrons. The van der Waals surface area contributed by atoms with Crippen LogP contribution in [0, 0.1) is 18.8 Å².